The molecular weight excluding hydrogens is 360 g/mol. The van der Waals surface area contributed by atoms with Crippen LogP contribution in [0.3, 0.4) is 0 Å². The number of nitrogens with zero attached hydrogens (tertiary/aromatic N) is 1. The summed E-state index contributed by atoms with van der Waals surface area (Å²) >= 11 is 0. The van der Waals surface area contributed by atoms with E-state index in [1.807, 2.05) is 30.3 Å². The van der Waals surface area contributed by atoms with Crippen LogP contribution in [0.4, 0.5) is 4.79 Å². The highest BCUT2D eigenvalue weighted by molar-refractivity contribution is 6.76. The predicted molar refractivity (Wildman–Crippen MR) is 110 cm³/mol. The van der Waals surface area contributed by atoms with Crippen LogP contribution in [0.5, 0.6) is 0 Å². The number of carbonyl (C=O) groups is 2. The van der Waals surface area contributed by atoms with Crippen molar-refractivity contribution in [2.75, 3.05) is 13.2 Å². The molecule has 0 heterocycles. The number of carbonyl (C=O) groups excluding carboxylic acids is 2. The lowest BCUT2D eigenvalue weighted by Gasteiger charge is -2.24. The van der Waals surface area contributed by atoms with Crippen molar-refractivity contribution in [3.8, 4) is 0 Å². The molecule has 1 rings (SSSR count). The van der Waals surface area contributed by atoms with Gasteiger partial charge in [-0.15, -0.1) is 0 Å². The highest BCUT2D eigenvalue weighted by atomic mass is 28.3. The number of alkyl carbamates (subject to hydrolysis) is 1. The normalized spacial score (nSPS) is 12.3. The number of nitrogens with one attached hydrogen (secondary N) is 1. The van der Waals surface area contributed by atoms with Crippen LogP contribution in [0, 0.1) is 0 Å². The third-order valence-corrected chi connectivity index (χ3v) is 5.78. The molecule has 0 radical (unpaired) electrons. The average molecular weight is 395 g/mol. The Morgan fingerprint density at radius 2 is 1.96 bits per heavy atom. The molecular formula is C20H34N2O4Si. The lowest BCUT2D eigenvalue weighted by molar-refractivity contribution is -0.179. The van der Waals surface area contributed by atoms with E-state index < -0.39 is 14.2 Å². The summed E-state index contributed by atoms with van der Waals surface area (Å²) in [4.78, 5) is 29.0. The van der Waals surface area contributed by atoms with Gasteiger partial charge >= 0.3 is 6.09 Å². The van der Waals surface area contributed by atoms with E-state index in [0.717, 1.165) is 30.9 Å². The molecule has 0 saturated carbocycles. The standard InChI is InChI=1S/C20H34N2O4Si/c1-5-6-12-19(21-20(24)25-13-14-27(2,3)4)15-22(17-23)26-16-18-10-8-7-9-11-18/h7-11,17,19H,5-6,12-16H2,1-4H3,(H,21,24)/t19-/m1/s1. The second-order valence-electron chi connectivity index (χ2n) is 7.89. The van der Waals surface area contributed by atoms with Crippen molar-refractivity contribution in [1.29, 1.82) is 0 Å². The average Bonchev–Trinajstić information content (AvgIpc) is 2.62. The first kappa shape index (κ1) is 23.2. The van der Waals surface area contributed by atoms with Crippen LogP contribution in [0.1, 0.15) is 31.7 Å². The first-order valence-corrected chi connectivity index (χ1v) is 13.4. The molecule has 0 unspecified atom stereocenters. The SMILES string of the molecule is CCCC[C@H](CN(C=O)OCc1ccccc1)NC(=O)OCC[Si](C)(C)C. The van der Waals surface area contributed by atoms with Crippen LogP contribution in [0.2, 0.25) is 25.7 Å². The van der Waals surface area contributed by atoms with Gasteiger partial charge in [0, 0.05) is 8.07 Å². The van der Waals surface area contributed by atoms with E-state index in [2.05, 4.69) is 31.9 Å². The molecule has 6 nitrogen and oxygen atoms in total. The van der Waals surface area contributed by atoms with Gasteiger partial charge in [-0.05, 0) is 18.0 Å². The summed E-state index contributed by atoms with van der Waals surface area (Å²) in [5.41, 5.74) is 0.980. The zero-order valence-electron chi connectivity index (χ0n) is 17.1. The van der Waals surface area contributed by atoms with E-state index >= 15 is 0 Å². The molecule has 0 aliphatic carbocycles. The van der Waals surface area contributed by atoms with Gasteiger partial charge in [-0.3, -0.25) is 9.63 Å². The zero-order chi connectivity index (χ0) is 20.1. The molecule has 2 amide bonds. The van der Waals surface area contributed by atoms with E-state index in [9.17, 15) is 9.59 Å². The van der Waals surface area contributed by atoms with Crippen molar-refractivity contribution in [2.45, 2.75) is 64.5 Å². The topological polar surface area (TPSA) is 67.9 Å². The van der Waals surface area contributed by atoms with Crippen LogP contribution in [0.25, 0.3) is 0 Å². The van der Waals surface area contributed by atoms with Crippen molar-refractivity contribution >= 4 is 20.6 Å². The van der Waals surface area contributed by atoms with Gasteiger partial charge in [0.05, 0.1) is 19.2 Å². The van der Waals surface area contributed by atoms with Gasteiger partial charge in [0.25, 0.3) is 0 Å². The summed E-state index contributed by atoms with van der Waals surface area (Å²) in [6.45, 7) is 9.84. The molecule has 0 spiro atoms. The summed E-state index contributed by atoms with van der Waals surface area (Å²) in [5.74, 6) is 0. The molecule has 0 aliphatic rings. The fourth-order valence-corrected chi connectivity index (χ4v) is 3.11. The van der Waals surface area contributed by atoms with E-state index in [-0.39, 0.29) is 6.04 Å². The van der Waals surface area contributed by atoms with Gasteiger partial charge in [-0.2, -0.15) is 0 Å². The molecule has 152 valence electrons. The van der Waals surface area contributed by atoms with E-state index in [1.165, 1.54) is 5.06 Å². The Hall–Kier alpha value is -1.86. The van der Waals surface area contributed by atoms with Crippen LogP contribution in [-0.4, -0.2) is 44.8 Å². The highest BCUT2D eigenvalue weighted by Crippen LogP contribution is 2.09. The number of hydroxylamine groups is 2. The highest BCUT2D eigenvalue weighted by Gasteiger charge is 2.18. The molecule has 0 fully saturated rings. The van der Waals surface area contributed by atoms with Gasteiger partial charge < -0.3 is 10.1 Å². The van der Waals surface area contributed by atoms with Gasteiger partial charge in [0.1, 0.15) is 6.61 Å². The summed E-state index contributed by atoms with van der Waals surface area (Å²) in [5, 5.41) is 4.12. The van der Waals surface area contributed by atoms with E-state index in [4.69, 9.17) is 9.57 Å². The fourth-order valence-electron chi connectivity index (χ4n) is 2.39. The van der Waals surface area contributed by atoms with Crippen molar-refractivity contribution in [2.24, 2.45) is 0 Å². The van der Waals surface area contributed by atoms with Crippen LogP contribution < -0.4 is 5.32 Å². The van der Waals surface area contributed by atoms with Gasteiger partial charge in [-0.25, -0.2) is 9.86 Å². The van der Waals surface area contributed by atoms with E-state index in [1.54, 1.807) is 0 Å². The molecule has 0 bridgehead atoms. The van der Waals surface area contributed by atoms with Crippen molar-refractivity contribution in [3.05, 3.63) is 35.9 Å². The van der Waals surface area contributed by atoms with Gasteiger partial charge in [0.2, 0.25) is 6.41 Å². The number of hydrogen-bond acceptors (Lipinski definition) is 4. The molecule has 1 atom stereocenters. The first-order chi connectivity index (χ1) is 12.8. The minimum atomic E-state index is -1.24. The summed E-state index contributed by atoms with van der Waals surface area (Å²) in [6.07, 6.45) is 2.95. The smallest absolute Gasteiger partial charge is 0.407 e. The van der Waals surface area contributed by atoms with Crippen molar-refractivity contribution in [1.82, 2.24) is 10.4 Å². The Morgan fingerprint density at radius 3 is 2.56 bits per heavy atom. The van der Waals surface area contributed by atoms with Crippen molar-refractivity contribution < 1.29 is 19.2 Å². The maximum Gasteiger partial charge on any atom is 0.407 e. The predicted octanol–water partition coefficient (Wildman–Crippen LogP) is 4.20. The summed E-state index contributed by atoms with van der Waals surface area (Å²) in [6, 6.07) is 10.4. The first-order valence-electron chi connectivity index (χ1n) is 9.66. The molecule has 0 saturated heterocycles. The third kappa shape index (κ3) is 11.5. The quantitative estimate of drug-likeness (QED) is 0.309. The van der Waals surface area contributed by atoms with E-state index in [0.29, 0.717) is 26.2 Å². The van der Waals surface area contributed by atoms with Crippen LogP contribution in [0.15, 0.2) is 30.3 Å². The summed E-state index contributed by atoms with van der Waals surface area (Å²) < 4.78 is 5.31. The maximum absolute atomic E-state index is 12.1. The Morgan fingerprint density at radius 1 is 1.26 bits per heavy atom. The molecule has 0 aliphatic heterocycles. The minimum Gasteiger partial charge on any atom is -0.450 e. The molecule has 1 N–H and O–H groups in total. The second kappa shape index (κ2) is 12.5. The largest absolute Gasteiger partial charge is 0.450 e. The number of benzene rings is 1. The second-order valence-corrected chi connectivity index (χ2v) is 13.5. The minimum absolute atomic E-state index is 0.203. The molecule has 7 heteroatoms. The monoisotopic (exact) mass is 394 g/mol. The number of rotatable bonds is 13. The lowest BCUT2D eigenvalue weighted by atomic mass is 10.1. The van der Waals surface area contributed by atoms with Gasteiger partial charge in [-0.1, -0.05) is 69.7 Å². The van der Waals surface area contributed by atoms with Crippen LogP contribution >= 0.6 is 0 Å². The summed E-state index contributed by atoms with van der Waals surface area (Å²) in [7, 11) is -1.24. The molecule has 0 aromatic heterocycles. The fraction of sp³-hybridized carbons (Fsp3) is 0.600. The molecule has 1 aromatic carbocycles. The Kier molecular flexibility index (Phi) is 10.7. The maximum atomic E-state index is 12.1. The number of unbranched alkanes of at least 4 members (excludes halogenated alkanes) is 1. The number of amides is 2. The number of hydrogen-bond donors (Lipinski definition) is 1. The number of ether oxygens (including phenoxy) is 1. The van der Waals surface area contributed by atoms with Crippen molar-refractivity contribution in [3.63, 3.8) is 0 Å². The van der Waals surface area contributed by atoms with Crippen LogP contribution in [-0.2, 0) is 21.0 Å². The zero-order valence-corrected chi connectivity index (χ0v) is 18.1. The molecule has 1 aromatic rings. The van der Waals surface area contributed by atoms with Gasteiger partial charge in [0.15, 0.2) is 0 Å². The lowest BCUT2D eigenvalue weighted by Crippen LogP contribution is -2.44. The Bertz CT molecular complexity index is 549. The Labute approximate surface area is 164 Å². The Balaban J connectivity index is 2.50. The molecule has 27 heavy (non-hydrogen) atoms. The third-order valence-electron chi connectivity index (χ3n) is 4.07.